The third-order valence-corrected chi connectivity index (χ3v) is 6.49. The van der Waals surface area contributed by atoms with Crippen molar-refractivity contribution in [1.29, 1.82) is 0 Å². The summed E-state index contributed by atoms with van der Waals surface area (Å²) in [5, 5.41) is 2.69. The highest BCUT2D eigenvalue weighted by Crippen LogP contribution is 2.24. The van der Waals surface area contributed by atoms with Gasteiger partial charge in [0.05, 0.1) is 21.9 Å². The Labute approximate surface area is 182 Å². The van der Waals surface area contributed by atoms with E-state index in [1.807, 2.05) is 0 Å². The van der Waals surface area contributed by atoms with Gasteiger partial charge >= 0.3 is 0 Å². The number of carbonyl (C=O) groups is 2. The predicted molar refractivity (Wildman–Crippen MR) is 118 cm³/mol. The molecule has 10 heteroatoms. The Morgan fingerprint density at radius 2 is 1.65 bits per heavy atom. The van der Waals surface area contributed by atoms with Gasteiger partial charge in [0.15, 0.2) is 0 Å². The standard InChI is InChI=1S/C21H18FN3O4S2/c22-14-4-3-5-16(12-14)25-31(28,29)17-10-8-15(9-11-17)24-21(27)18-6-1-2-7-19(18)30-13-20(23)26/h1-12,25H,13H2,(H2,23,26)(H,24,27). The first-order valence-electron chi connectivity index (χ1n) is 8.94. The lowest BCUT2D eigenvalue weighted by Crippen LogP contribution is -2.16. The van der Waals surface area contributed by atoms with Crippen molar-refractivity contribution in [2.75, 3.05) is 15.8 Å². The average molecular weight is 460 g/mol. The van der Waals surface area contributed by atoms with E-state index in [9.17, 15) is 22.4 Å². The summed E-state index contributed by atoms with van der Waals surface area (Å²) >= 11 is 1.15. The van der Waals surface area contributed by atoms with Crippen molar-refractivity contribution < 1.29 is 22.4 Å². The molecular formula is C21H18FN3O4S2. The van der Waals surface area contributed by atoms with E-state index in [0.717, 1.165) is 17.8 Å². The molecule has 160 valence electrons. The first kappa shape index (κ1) is 22.3. The molecule has 3 aromatic carbocycles. The molecule has 0 aromatic heterocycles. The van der Waals surface area contributed by atoms with E-state index < -0.39 is 27.7 Å². The minimum Gasteiger partial charge on any atom is -0.369 e. The molecule has 3 aromatic rings. The molecule has 0 fully saturated rings. The van der Waals surface area contributed by atoms with Crippen molar-refractivity contribution in [2.24, 2.45) is 5.73 Å². The van der Waals surface area contributed by atoms with E-state index in [2.05, 4.69) is 10.0 Å². The average Bonchev–Trinajstić information content (AvgIpc) is 2.72. The number of hydrogen-bond donors (Lipinski definition) is 3. The maximum atomic E-state index is 13.3. The number of benzene rings is 3. The van der Waals surface area contributed by atoms with Gasteiger partial charge in [-0.1, -0.05) is 18.2 Å². The Hall–Kier alpha value is -3.37. The van der Waals surface area contributed by atoms with E-state index in [4.69, 9.17) is 5.73 Å². The lowest BCUT2D eigenvalue weighted by Gasteiger charge is -2.11. The second-order valence-corrected chi connectivity index (χ2v) is 9.05. The number of sulfonamides is 1. The van der Waals surface area contributed by atoms with Gasteiger partial charge in [-0.25, -0.2) is 12.8 Å². The monoisotopic (exact) mass is 459 g/mol. The summed E-state index contributed by atoms with van der Waals surface area (Å²) in [6.45, 7) is 0. The van der Waals surface area contributed by atoms with Gasteiger partial charge in [0.1, 0.15) is 5.82 Å². The lowest BCUT2D eigenvalue weighted by molar-refractivity contribution is -0.115. The molecule has 0 aliphatic rings. The van der Waals surface area contributed by atoms with Crippen molar-refractivity contribution in [3.8, 4) is 0 Å². The Morgan fingerprint density at radius 1 is 0.935 bits per heavy atom. The molecule has 0 aliphatic carbocycles. The fourth-order valence-corrected chi connectivity index (χ4v) is 4.45. The number of thioether (sulfide) groups is 1. The number of halogens is 1. The van der Waals surface area contributed by atoms with Crippen LogP contribution in [0.25, 0.3) is 0 Å². The zero-order chi connectivity index (χ0) is 22.4. The van der Waals surface area contributed by atoms with Crippen LogP contribution in [-0.4, -0.2) is 26.0 Å². The number of rotatable bonds is 8. The van der Waals surface area contributed by atoms with Crippen LogP contribution in [0.4, 0.5) is 15.8 Å². The predicted octanol–water partition coefficient (Wildman–Crippen LogP) is 3.46. The minimum absolute atomic E-state index is 0.0369. The van der Waals surface area contributed by atoms with Gasteiger partial charge < -0.3 is 11.1 Å². The Balaban J connectivity index is 1.72. The van der Waals surface area contributed by atoms with Gasteiger partial charge in [-0.2, -0.15) is 0 Å². The van der Waals surface area contributed by atoms with Crippen molar-refractivity contribution in [2.45, 2.75) is 9.79 Å². The van der Waals surface area contributed by atoms with Crippen LogP contribution in [0, 0.1) is 5.82 Å². The molecule has 0 radical (unpaired) electrons. The molecule has 7 nitrogen and oxygen atoms in total. The number of anilines is 2. The van der Waals surface area contributed by atoms with Crippen molar-refractivity contribution in [3.05, 3.63) is 84.2 Å². The number of hydrogen-bond acceptors (Lipinski definition) is 5. The summed E-state index contributed by atoms with van der Waals surface area (Å²) in [6.07, 6.45) is 0. The topological polar surface area (TPSA) is 118 Å². The lowest BCUT2D eigenvalue weighted by atomic mass is 10.2. The van der Waals surface area contributed by atoms with Crippen LogP contribution in [0.3, 0.4) is 0 Å². The molecule has 2 amide bonds. The van der Waals surface area contributed by atoms with Crippen LogP contribution in [0.5, 0.6) is 0 Å². The Kier molecular flexibility index (Phi) is 6.93. The van der Waals surface area contributed by atoms with Gasteiger partial charge in [-0.3, -0.25) is 14.3 Å². The highest BCUT2D eigenvalue weighted by molar-refractivity contribution is 8.00. The summed E-state index contributed by atoms with van der Waals surface area (Å²) < 4.78 is 40.5. The minimum atomic E-state index is -3.93. The number of nitrogens with two attached hydrogens (primary N) is 1. The molecule has 31 heavy (non-hydrogen) atoms. The van der Waals surface area contributed by atoms with Crippen LogP contribution in [-0.2, 0) is 14.8 Å². The van der Waals surface area contributed by atoms with Crippen LogP contribution in [0.2, 0.25) is 0 Å². The van der Waals surface area contributed by atoms with Gasteiger partial charge in [0.25, 0.3) is 15.9 Å². The molecule has 0 spiro atoms. The maximum absolute atomic E-state index is 13.3. The fraction of sp³-hybridized carbons (Fsp3) is 0.0476. The molecule has 3 rings (SSSR count). The molecule has 4 N–H and O–H groups in total. The molecule has 0 atom stereocenters. The zero-order valence-corrected chi connectivity index (χ0v) is 17.7. The third-order valence-electron chi connectivity index (χ3n) is 4.00. The molecule has 0 unspecified atom stereocenters. The van der Waals surface area contributed by atoms with Crippen molar-refractivity contribution in [3.63, 3.8) is 0 Å². The third kappa shape index (κ3) is 6.06. The fourth-order valence-electron chi connectivity index (χ4n) is 2.61. The van der Waals surface area contributed by atoms with Crippen LogP contribution in [0.1, 0.15) is 10.4 Å². The first-order chi connectivity index (χ1) is 14.7. The summed E-state index contributed by atoms with van der Waals surface area (Å²) in [7, 11) is -3.93. The van der Waals surface area contributed by atoms with E-state index in [1.165, 1.54) is 42.5 Å². The van der Waals surface area contributed by atoms with E-state index in [0.29, 0.717) is 16.1 Å². The van der Waals surface area contributed by atoms with Gasteiger partial charge in [-0.15, -0.1) is 11.8 Å². The van der Waals surface area contributed by atoms with E-state index in [1.54, 1.807) is 24.3 Å². The van der Waals surface area contributed by atoms with Gasteiger partial charge in [-0.05, 0) is 54.6 Å². The maximum Gasteiger partial charge on any atom is 0.261 e. The SMILES string of the molecule is NC(=O)CSc1ccccc1C(=O)Nc1ccc(S(=O)(=O)Nc2cccc(F)c2)cc1. The molecular weight excluding hydrogens is 441 g/mol. The largest absolute Gasteiger partial charge is 0.369 e. The Morgan fingerprint density at radius 3 is 2.32 bits per heavy atom. The molecule has 0 saturated heterocycles. The van der Waals surface area contributed by atoms with Gasteiger partial charge in [0, 0.05) is 10.6 Å². The van der Waals surface area contributed by atoms with Gasteiger partial charge in [0.2, 0.25) is 5.91 Å². The van der Waals surface area contributed by atoms with Crippen LogP contribution >= 0.6 is 11.8 Å². The summed E-state index contributed by atoms with van der Waals surface area (Å²) in [5.41, 5.74) is 6.00. The molecule has 0 saturated carbocycles. The Bertz CT molecular complexity index is 1220. The van der Waals surface area contributed by atoms with E-state index >= 15 is 0 Å². The first-order valence-corrected chi connectivity index (χ1v) is 11.4. The zero-order valence-electron chi connectivity index (χ0n) is 16.0. The molecule has 0 aliphatic heterocycles. The smallest absolute Gasteiger partial charge is 0.261 e. The number of carbonyl (C=O) groups excluding carboxylic acids is 2. The van der Waals surface area contributed by atoms with Crippen molar-refractivity contribution >= 4 is 45.0 Å². The summed E-state index contributed by atoms with van der Waals surface area (Å²) in [6, 6.07) is 17.4. The molecule has 0 bridgehead atoms. The number of primary amides is 1. The number of amides is 2. The summed E-state index contributed by atoms with van der Waals surface area (Å²) in [4.78, 5) is 24.2. The highest BCUT2D eigenvalue weighted by atomic mass is 32.2. The second kappa shape index (κ2) is 9.63. The van der Waals surface area contributed by atoms with Crippen LogP contribution in [0.15, 0.2) is 82.6 Å². The van der Waals surface area contributed by atoms with Crippen molar-refractivity contribution in [1.82, 2.24) is 0 Å². The van der Waals surface area contributed by atoms with Crippen LogP contribution < -0.4 is 15.8 Å². The highest BCUT2D eigenvalue weighted by Gasteiger charge is 2.16. The number of nitrogens with one attached hydrogen (secondary N) is 2. The quantitative estimate of drug-likeness (QED) is 0.446. The second-order valence-electron chi connectivity index (χ2n) is 6.35. The van der Waals surface area contributed by atoms with E-state index in [-0.39, 0.29) is 16.3 Å². The summed E-state index contributed by atoms with van der Waals surface area (Å²) in [5.74, 6) is -1.44. The molecule has 0 heterocycles. The normalized spacial score (nSPS) is 11.0.